The average Bonchev–Trinajstić information content (AvgIpc) is 2.68. The number of anilines is 1. The maximum atomic E-state index is 12.5. The van der Waals surface area contributed by atoms with Crippen LogP contribution < -0.4 is 15.8 Å². The van der Waals surface area contributed by atoms with Gasteiger partial charge in [-0.1, -0.05) is 12.1 Å². The molecule has 0 aliphatic carbocycles. The van der Waals surface area contributed by atoms with E-state index in [1.165, 1.54) is 11.1 Å². The van der Waals surface area contributed by atoms with E-state index in [0.717, 1.165) is 42.9 Å². The number of nitrogens with one attached hydrogen (secondary N) is 1. The molecule has 1 heterocycles. The third-order valence-electron chi connectivity index (χ3n) is 5.09. The minimum Gasteiger partial charge on any atom is -0.495 e. The van der Waals surface area contributed by atoms with E-state index in [1.54, 1.807) is 7.11 Å². The summed E-state index contributed by atoms with van der Waals surface area (Å²) in [5, 5.41) is 3.56. The Kier molecular flexibility index (Phi) is 5.47. The highest BCUT2D eigenvalue weighted by molar-refractivity contribution is 5.94. The Labute approximate surface area is 155 Å². The fourth-order valence-corrected chi connectivity index (χ4v) is 3.59. The summed E-state index contributed by atoms with van der Waals surface area (Å²) in [5.74, 6) is 0.803. The van der Waals surface area contributed by atoms with Crippen LogP contribution in [0.3, 0.4) is 0 Å². The molecule has 2 aromatic carbocycles. The van der Waals surface area contributed by atoms with Gasteiger partial charge in [0, 0.05) is 25.2 Å². The van der Waals surface area contributed by atoms with Crippen molar-refractivity contribution in [3.8, 4) is 5.75 Å². The molecule has 0 radical (unpaired) electrons. The predicted molar refractivity (Wildman–Crippen MR) is 105 cm³/mol. The van der Waals surface area contributed by atoms with E-state index in [0.29, 0.717) is 5.69 Å². The molecule has 0 aromatic heterocycles. The largest absolute Gasteiger partial charge is 0.495 e. The number of fused-ring (bicyclic) bond motifs is 1. The highest BCUT2D eigenvalue weighted by Gasteiger charge is 2.23. The van der Waals surface area contributed by atoms with Gasteiger partial charge in [-0.25, -0.2) is 0 Å². The van der Waals surface area contributed by atoms with E-state index in [2.05, 4.69) is 5.32 Å². The number of ether oxygens (including phenoxy) is 1. The normalized spacial score (nSPS) is 16.0. The van der Waals surface area contributed by atoms with E-state index in [1.807, 2.05) is 55.1 Å². The van der Waals surface area contributed by atoms with Crippen molar-refractivity contribution in [3.63, 3.8) is 0 Å². The van der Waals surface area contributed by atoms with Gasteiger partial charge in [0.2, 0.25) is 0 Å². The molecule has 2 aromatic rings. The lowest BCUT2D eigenvalue weighted by Crippen LogP contribution is -2.31. The zero-order valence-corrected chi connectivity index (χ0v) is 15.7. The first kappa shape index (κ1) is 18.3. The predicted octanol–water partition coefficient (Wildman–Crippen LogP) is 2.99. The number of methoxy groups -OCH3 is 1. The quantitative estimate of drug-likeness (QED) is 0.811. The summed E-state index contributed by atoms with van der Waals surface area (Å²) in [4.78, 5) is 14.3. The molecule has 0 bridgehead atoms. The number of amides is 1. The number of rotatable bonds is 5. The number of hydrogen-bond acceptors (Lipinski definition) is 4. The smallest absolute Gasteiger partial charge is 0.253 e. The van der Waals surface area contributed by atoms with Crippen LogP contribution in [0.4, 0.5) is 5.69 Å². The highest BCUT2D eigenvalue weighted by atomic mass is 16.5. The SMILES string of the molecule is CCN(CC)C(=O)c1ccc(C2NCCc3cc(OC)c(N)cc32)cc1. The van der Waals surface area contributed by atoms with Crippen LogP contribution >= 0.6 is 0 Å². The van der Waals surface area contributed by atoms with E-state index in [9.17, 15) is 4.79 Å². The molecule has 1 atom stereocenters. The molecule has 1 aliphatic heterocycles. The van der Waals surface area contributed by atoms with Crippen molar-refractivity contribution in [2.24, 2.45) is 0 Å². The molecule has 3 N–H and O–H groups in total. The van der Waals surface area contributed by atoms with Crippen LogP contribution in [0.1, 0.15) is 46.9 Å². The molecule has 0 saturated carbocycles. The second kappa shape index (κ2) is 7.79. The van der Waals surface area contributed by atoms with Crippen LogP contribution in [-0.2, 0) is 6.42 Å². The first-order valence-corrected chi connectivity index (χ1v) is 9.17. The zero-order valence-electron chi connectivity index (χ0n) is 15.7. The Hall–Kier alpha value is -2.53. The molecule has 1 unspecified atom stereocenters. The van der Waals surface area contributed by atoms with Crippen LogP contribution in [0.2, 0.25) is 0 Å². The molecule has 26 heavy (non-hydrogen) atoms. The maximum absolute atomic E-state index is 12.5. The minimum absolute atomic E-state index is 0.0737. The zero-order chi connectivity index (χ0) is 18.7. The van der Waals surface area contributed by atoms with Crippen LogP contribution in [0, 0.1) is 0 Å². The summed E-state index contributed by atoms with van der Waals surface area (Å²) >= 11 is 0. The fourth-order valence-electron chi connectivity index (χ4n) is 3.59. The van der Waals surface area contributed by atoms with E-state index >= 15 is 0 Å². The molecule has 5 heteroatoms. The molecular formula is C21H27N3O2. The van der Waals surface area contributed by atoms with Gasteiger partial charge in [0.25, 0.3) is 5.91 Å². The number of benzene rings is 2. The third kappa shape index (κ3) is 3.40. The molecular weight excluding hydrogens is 326 g/mol. The molecule has 5 nitrogen and oxygen atoms in total. The van der Waals surface area contributed by atoms with E-state index < -0.39 is 0 Å². The van der Waals surface area contributed by atoms with Crippen LogP contribution in [0.5, 0.6) is 5.75 Å². The van der Waals surface area contributed by atoms with Gasteiger partial charge in [0.05, 0.1) is 18.8 Å². The van der Waals surface area contributed by atoms with Gasteiger partial charge < -0.3 is 20.7 Å². The van der Waals surface area contributed by atoms with Crippen LogP contribution in [-0.4, -0.2) is 37.6 Å². The highest BCUT2D eigenvalue weighted by Crippen LogP contribution is 2.34. The van der Waals surface area contributed by atoms with Crippen molar-refractivity contribution in [2.45, 2.75) is 26.3 Å². The lowest BCUT2D eigenvalue weighted by atomic mass is 9.89. The first-order chi connectivity index (χ1) is 12.6. The summed E-state index contributed by atoms with van der Waals surface area (Å²) in [6, 6.07) is 12.0. The van der Waals surface area contributed by atoms with Crippen molar-refractivity contribution in [3.05, 3.63) is 58.7 Å². The second-order valence-electron chi connectivity index (χ2n) is 6.53. The molecule has 0 fully saturated rings. The second-order valence-corrected chi connectivity index (χ2v) is 6.53. The van der Waals surface area contributed by atoms with E-state index in [4.69, 9.17) is 10.5 Å². The summed E-state index contributed by atoms with van der Waals surface area (Å²) in [6.45, 7) is 6.32. The number of carbonyl (C=O) groups is 1. The van der Waals surface area contributed by atoms with Crippen molar-refractivity contribution in [1.82, 2.24) is 10.2 Å². The molecule has 138 valence electrons. The van der Waals surface area contributed by atoms with Crippen molar-refractivity contribution in [2.75, 3.05) is 32.5 Å². The van der Waals surface area contributed by atoms with Crippen LogP contribution in [0.25, 0.3) is 0 Å². The Morgan fingerprint density at radius 2 is 1.92 bits per heavy atom. The standard InChI is InChI=1S/C21H27N3O2/c1-4-24(5-2)21(25)15-8-6-14(7-9-15)20-17-13-18(22)19(26-3)12-16(17)10-11-23-20/h6-9,12-13,20,23H,4-5,10-11,22H2,1-3H3. The third-order valence-corrected chi connectivity index (χ3v) is 5.09. The lowest BCUT2D eigenvalue weighted by Gasteiger charge is -2.28. The minimum atomic E-state index is 0.0737. The lowest BCUT2D eigenvalue weighted by molar-refractivity contribution is 0.0773. The van der Waals surface area contributed by atoms with Gasteiger partial charge in [0.15, 0.2) is 0 Å². The Morgan fingerprint density at radius 3 is 2.54 bits per heavy atom. The average molecular weight is 353 g/mol. The van der Waals surface area contributed by atoms with Gasteiger partial charge in [-0.15, -0.1) is 0 Å². The van der Waals surface area contributed by atoms with Crippen LogP contribution in [0.15, 0.2) is 36.4 Å². The molecule has 3 rings (SSSR count). The van der Waals surface area contributed by atoms with Gasteiger partial charge in [-0.05, 0) is 61.2 Å². The van der Waals surface area contributed by atoms with Gasteiger partial charge in [-0.2, -0.15) is 0 Å². The number of nitrogen functional groups attached to an aromatic ring is 1. The topological polar surface area (TPSA) is 67.6 Å². The summed E-state index contributed by atoms with van der Waals surface area (Å²) in [5.41, 5.74) is 11.1. The summed E-state index contributed by atoms with van der Waals surface area (Å²) < 4.78 is 5.35. The van der Waals surface area contributed by atoms with Crippen molar-refractivity contribution >= 4 is 11.6 Å². The Balaban J connectivity index is 1.89. The van der Waals surface area contributed by atoms with Crippen molar-refractivity contribution < 1.29 is 9.53 Å². The summed E-state index contributed by atoms with van der Waals surface area (Å²) in [7, 11) is 1.64. The molecule has 0 spiro atoms. The Bertz CT molecular complexity index is 783. The molecule has 0 saturated heterocycles. The van der Waals surface area contributed by atoms with Gasteiger partial charge in [-0.3, -0.25) is 4.79 Å². The van der Waals surface area contributed by atoms with Gasteiger partial charge >= 0.3 is 0 Å². The molecule has 1 aliphatic rings. The first-order valence-electron chi connectivity index (χ1n) is 9.17. The van der Waals surface area contributed by atoms with Crippen molar-refractivity contribution in [1.29, 1.82) is 0 Å². The monoisotopic (exact) mass is 353 g/mol. The number of nitrogens with two attached hydrogens (primary N) is 1. The van der Waals surface area contributed by atoms with E-state index in [-0.39, 0.29) is 11.9 Å². The maximum Gasteiger partial charge on any atom is 0.253 e. The number of carbonyl (C=O) groups excluding carboxylic acids is 1. The van der Waals surface area contributed by atoms with Gasteiger partial charge in [0.1, 0.15) is 5.75 Å². The molecule has 1 amide bonds. The fraction of sp³-hybridized carbons (Fsp3) is 0.381. The Morgan fingerprint density at radius 1 is 1.23 bits per heavy atom. The number of hydrogen-bond donors (Lipinski definition) is 2. The number of nitrogens with zero attached hydrogens (tertiary/aromatic N) is 1. The summed E-state index contributed by atoms with van der Waals surface area (Å²) in [6.07, 6.45) is 0.945.